The summed E-state index contributed by atoms with van der Waals surface area (Å²) in [4.78, 5) is 7.72. The van der Waals surface area contributed by atoms with Crippen molar-refractivity contribution in [2.45, 2.75) is 30.7 Å². The molecule has 1 atom stereocenters. The minimum absolute atomic E-state index is 0.0345. The maximum atomic E-state index is 12.2. The summed E-state index contributed by atoms with van der Waals surface area (Å²) in [5.74, 6) is 5.31. The highest BCUT2D eigenvalue weighted by Crippen LogP contribution is 2.24. The van der Waals surface area contributed by atoms with E-state index in [9.17, 15) is 8.42 Å². The van der Waals surface area contributed by atoms with Crippen molar-refractivity contribution in [3.8, 4) is 0 Å². The number of hydrogen-bond donors (Lipinski definition) is 2. The summed E-state index contributed by atoms with van der Waals surface area (Å²) >= 11 is 0. The molecule has 8 heteroatoms. The van der Waals surface area contributed by atoms with Crippen molar-refractivity contribution < 1.29 is 8.42 Å². The van der Waals surface area contributed by atoms with Crippen LogP contribution in [0.25, 0.3) is 0 Å². The lowest BCUT2D eigenvalue weighted by Gasteiger charge is -2.20. The van der Waals surface area contributed by atoms with Gasteiger partial charge in [0.05, 0.1) is 12.4 Å². The van der Waals surface area contributed by atoms with E-state index >= 15 is 0 Å². The molecular weight excluding hydrogens is 242 g/mol. The summed E-state index contributed by atoms with van der Waals surface area (Å²) in [5, 5.41) is 0. The smallest absolute Gasteiger partial charge is 0.246 e. The molecule has 7 nitrogen and oxygen atoms in total. The molecule has 1 saturated heterocycles. The molecule has 1 aliphatic rings. The normalized spacial score (nSPS) is 21.6. The van der Waals surface area contributed by atoms with Crippen LogP contribution in [0.2, 0.25) is 0 Å². The number of nitrogen functional groups attached to an aromatic ring is 1. The first-order valence-corrected chi connectivity index (χ1v) is 6.80. The quantitative estimate of drug-likeness (QED) is 0.581. The fraction of sp³-hybridized carbons (Fsp3) is 0.556. The first-order valence-electron chi connectivity index (χ1n) is 5.36. The maximum absolute atomic E-state index is 12.2. The first kappa shape index (κ1) is 12.2. The van der Waals surface area contributed by atoms with E-state index in [4.69, 9.17) is 5.84 Å². The zero-order valence-electron chi connectivity index (χ0n) is 9.50. The Morgan fingerprint density at radius 2 is 2.12 bits per heavy atom. The second-order valence-electron chi connectivity index (χ2n) is 3.99. The lowest BCUT2D eigenvalue weighted by molar-refractivity contribution is 0.408. The Morgan fingerprint density at radius 1 is 1.47 bits per heavy atom. The predicted molar refractivity (Wildman–Crippen MR) is 62.4 cm³/mol. The summed E-state index contributed by atoms with van der Waals surface area (Å²) in [6.45, 7) is 2.46. The van der Waals surface area contributed by atoms with Crippen LogP contribution >= 0.6 is 0 Å². The predicted octanol–water partition coefficient (Wildman–Crippen LogP) is -0.0648. The third-order valence-electron chi connectivity index (χ3n) is 2.86. The molecule has 0 spiro atoms. The molecule has 3 N–H and O–H groups in total. The highest BCUT2D eigenvalue weighted by atomic mass is 32.2. The molecule has 0 radical (unpaired) electrons. The molecule has 1 unspecified atom stereocenters. The molecule has 1 aromatic rings. The highest BCUT2D eigenvalue weighted by Gasteiger charge is 2.32. The molecule has 0 bridgehead atoms. The number of hydrazine groups is 1. The standard InChI is InChI=1S/C9H15N5O2S/c1-7-3-2-4-14(7)17(15,16)8-5-11-9(13-10)12-6-8/h5-7H,2-4,10H2,1H3,(H,11,12,13). The average molecular weight is 257 g/mol. The number of rotatable bonds is 3. The van der Waals surface area contributed by atoms with Crippen LogP contribution in [0.5, 0.6) is 0 Å². The second kappa shape index (κ2) is 4.55. The third-order valence-corrected chi connectivity index (χ3v) is 4.82. The summed E-state index contributed by atoms with van der Waals surface area (Å²) in [6, 6.07) is 0.0345. The molecule has 2 heterocycles. The van der Waals surface area contributed by atoms with Crippen LogP contribution in [0, 0.1) is 0 Å². The van der Waals surface area contributed by atoms with Gasteiger partial charge in [-0.25, -0.2) is 24.2 Å². The largest absolute Gasteiger partial charge is 0.292 e. The van der Waals surface area contributed by atoms with Crippen molar-refractivity contribution >= 4 is 16.0 Å². The van der Waals surface area contributed by atoms with Crippen LogP contribution < -0.4 is 11.3 Å². The van der Waals surface area contributed by atoms with Gasteiger partial charge < -0.3 is 0 Å². The lowest BCUT2D eigenvalue weighted by atomic mass is 10.3. The van der Waals surface area contributed by atoms with Crippen LogP contribution in [0.3, 0.4) is 0 Å². The zero-order valence-corrected chi connectivity index (χ0v) is 10.3. The number of nitrogens with two attached hydrogens (primary N) is 1. The van der Waals surface area contributed by atoms with Crippen LogP contribution in [0.15, 0.2) is 17.3 Å². The van der Waals surface area contributed by atoms with Gasteiger partial charge in [-0.2, -0.15) is 4.31 Å². The van der Waals surface area contributed by atoms with Gasteiger partial charge >= 0.3 is 0 Å². The number of anilines is 1. The van der Waals surface area contributed by atoms with Crippen molar-refractivity contribution in [1.82, 2.24) is 14.3 Å². The van der Waals surface area contributed by atoms with E-state index in [1.807, 2.05) is 6.92 Å². The monoisotopic (exact) mass is 257 g/mol. The van der Waals surface area contributed by atoms with E-state index in [-0.39, 0.29) is 16.9 Å². The second-order valence-corrected chi connectivity index (χ2v) is 5.88. The van der Waals surface area contributed by atoms with E-state index in [2.05, 4.69) is 15.4 Å². The van der Waals surface area contributed by atoms with Crippen molar-refractivity contribution in [2.75, 3.05) is 12.0 Å². The van der Waals surface area contributed by atoms with Gasteiger partial charge in [-0.1, -0.05) is 0 Å². The third kappa shape index (κ3) is 2.24. The van der Waals surface area contributed by atoms with E-state index in [0.29, 0.717) is 6.54 Å². The van der Waals surface area contributed by atoms with Gasteiger partial charge in [-0.15, -0.1) is 0 Å². The average Bonchev–Trinajstić information content (AvgIpc) is 2.76. The fourth-order valence-corrected chi connectivity index (χ4v) is 3.51. The molecular formula is C9H15N5O2S. The zero-order chi connectivity index (χ0) is 12.5. The number of sulfonamides is 1. The topological polar surface area (TPSA) is 101 Å². The molecule has 94 valence electrons. The van der Waals surface area contributed by atoms with Crippen LogP contribution in [0.4, 0.5) is 5.95 Å². The SMILES string of the molecule is CC1CCCN1S(=O)(=O)c1cnc(NN)nc1. The van der Waals surface area contributed by atoms with Gasteiger partial charge in [0.1, 0.15) is 4.90 Å². The Morgan fingerprint density at radius 3 is 2.59 bits per heavy atom. The Kier molecular flexibility index (Phi) is 3.27. The van der Waals surface area contributed by atoms with Crippen LogP contribution in [-0.2, 0) is 10.0 Å². The molecule has 1 aliphatic heterocycles. The highest BCUT2D eigenvalue weighted by molar-refractivity contribution is 7.89. The molecule has 17 heavy (non-hydrogen) atoms. The minimum Gasteiger partial charge on any atom is -0.292 e. The van der Waals surface area contributed by atoms with Crippen LogP contribution in [0.1, 0.15) is 19.8 Å². The van der Waals surface area contributed by atoms with Gasteiger partial charge in [0, 0.05) is 12.6 Å². The molecule has 0 aromatic carbocycles. The Labute approximate surface area is 100 Å². The molecule has 2 rings (SSSR count). The number of nitrogens with one attached hydrogen (secondary N) is 1. The van der Waals surface area contributed by atoms with Gasteiger partial charge in [0.25, 0.3) is 0 Å². The molecule has 0 saturated carbocycles. The van der Waals surface area contributed by atoms with Crippen LogP contribution in [-0.4, -0.2) is 35.3 Å². The Hall–Kier alpha value is -1.25. The Balaban J connectivity index is 2.31. The minimum atomic E-state index is -3.47. The maximum Gasteiger partial charge on any atom is 0.246 e. The molecule has 0 amide bonds. The summed E-state index contributed by atoms with van der Waals surface area (Å²) in [7, 11) is -3.47. The van der Waals surface area contributed by atoms with Gasteiger partial charge in [-0.3, -0.25) is 5.43 Å². The van der Waals surface area contributed by atoms with Crippen molar-refractivity contribution in [1.29, 1.82) is 0 Å². The Bertz CT molecular complexity index is 487. The summed E-state index contributed by atoms with van der Waals surface area (Å²) < 4.78 is 26.0. The van der Waals surface area contributed by atoms with Crippen molar-refractivity contribution in [3.05, 3.63) is 12.4 Å². The van der Waals surface area contributed by atoms with E-state index < -0.39 is 10.0 Å². The van der Waals surface area contributed by atoms with E-state index in [0.717, 1.165) is 12.8 Å². The molecule has 1 fully saturated rings. The fourth-order valence-electron chi connectivity index (χ4n) is 1.92. The number of aromatic nitrogens is 2. The van der Waals surface area contributed by atoms with Gasteiger partial charge in [-0.05, 0) is 19.8 Å². The van der Waals surface area contributed by atoms with Gasteiger partial charge in [0.15, 0.2) is 0 Å². The number of hydrogen-bond acceptors (Lipinski definition) is 6. The molecule has 1 aromatic heterocycles. The van der Waals surface area contributed by atoms with E-state index in [1.165, 1.54) is 16.7 Å². The summed E-state index contributed by atoms with van der Waals surface area (Å²) in [5.41, 5.74) is 2.25. The van der Waals surface area contributed by atoms with Gasteiger partial charge in [0.2, 0.25) is 16.0 Å². The first-order chi connectivity index (χ1) is 8.05. The van der Waals surface area contributed by atoms with E-state index in [1.54, 1.807) is 0 Å². The molecule has 0 aliphatic carbocycles. The van der Waals surface area contributed by atoms with Crippen molar-refractivity contribution in [2.24, 2.45) is 5.84 Å². The number of nitrogens with zero attached hydrogens (tertiary/aromatic N) is 3. The lowest BCUT2D eigenvalue weighted by Crippen LogP contribution is -2.33. The van der Waals surface area contributed by atoms with Crippen molar-refractivity contribution in [3.63, 3.8) is 0 Å². The summed E-state index contributed by atoms with van der Waals surface area (Å²) in [6.07, 6.45) is 4.32.